The van der Waals surface area contributed by atoms with Gasteiger partial charge in [0.1, 0.15) is 19.6 Å². The van der Waals surface area contributed by atoms with Gasteiger partial charge in [-0.2, -0.15) is 13.7 Å². The molecule has 4 aromatic rings. The molecule has 0 N–H and O–H groups in total. The second-order valence-electron chi connectivity index (χ2n) is 19.7. The molecule has 0 radical (unpaired) electrons. The zero-order valence-electron chi connectivity index (χ0n) is 45.8. The molecule has 0 saturated heterocycles. The Labute approximate surface area is 507 Å². The van der Waals surface area contributed by atoms with Gasteiger partial charge >= 0.3 is 17.1 Å². The third-order valence-corrected chi connectivity index (χ3v) is 14.4. The number of rotatable bonds is 23. The second kappa shape index (κ2) is 34.3. The normalized spacial score (nSPS) is 15.7. The van der Waals surface area contributed by atoms with Gasteiger partial charge in [-0.05, 0) is 92.5 Å². The summed E-state index contributed by atoms with van der Waals surface area (Å²) < 4.78 is 7.24. The van der Waals surface area contributed by atoms with Crippen LogP contribution < -0.4 is 80.7 Å². The number of pyridine rings is 3. The molecule has 0 fully saturated rings. The Hall–Kier alpha value is -4.83. The van der Waals surface area contributed by atoms with E-state index in [0.29, 0.717) is 0 Å². The molecule has 8 bridgehead atoms. The first-order valence-electron chi connectivity index (χ1n) is 27.6. The molecule has 8 nitrogen and oxygen atoms in total. The standard InChI is InChI=1S/C64H76N8.5ClH.Mn/c1-5-9-13-21-41-69-45-25-17-29-57(69)61-49-33-35-51(65-49)62(58-30-18-26-46-70(58)42-22-14-10-6-2)53-37-39-55(67-53)64(60-32-20-28-48-72(60)44-24-16-12-8-4)56-40-38-54(68-56)63(52-36-34-50(61)66-52)59-31-19-27-47-71(59)43-23-15-11-7-3;;;;;;/h17-20,25-40,45-48H,5-16,21-24,41-44H2,1-4H3;5*1H;/q+2;;;;;;+3/p-5. The average Bonchev–Trinajstić information content (AvgIpc) is 4.27. The van der Waals surface area contributed by atoms with Crippen LogP contribution in [-0.2, 0) is 36.7 Å². The van der Waals surface area contributed by atoms with Crippen LogP contribution in [0.5, 0.6) is 0 Å². The summed E-state index contributed by atoms with van der Waals surface area (Å²) in [4.78, 5) is 25.2. The van der Waals surface area contributed by atoms with Gasteiger partial charge in [-0.25, -0.2) is 15.0 Å². The number of allylic oxidation sites excluding steroid dienone is 11. The Kier molecular flexibility index (Phi) is 29.7. The van der Waals surface area contributed by atoms with Gasteiger partial charge < -0.3 is 71.9 Å². The molecular formula is C64H76Cl5MnN8. The van der Waals surface area contributed by atoms with Gasteiger partial charge in [0.2, 0.25) is 17.1 Å². The van der Waals surface area contributed by atoms with Crippen molar-refractivity contribution in [1.82, 2.24) is 9.88 Å². The van der Waals surface area contributed by atoms with E-state index in [9.17, 15) is 0 Å². The topological polar surface area (TPSA) is 66.1 Å². The van der Waals surface area contributed by atoms with E-state index < -0.39 is 0 Å². The predicted molar refractivity (Wildman–Crippen MR) is 297 cm³/mol. The third kappa shape index (κ3) is 16.2. The fraction of sp³-hybridized carbons (Fsp3) is 0.375. The molecule has 0 amide bonds. The first kappa shape index (κ1) is 67.4. The molecule has 0 unspecified atom stereocenters. The van der Waals surface area contributed by atoms with Crippen LogP contribution in [0.3, 0.4) is 0 Å². The fourth-order valence-electron chi connectivity index (χ4n) is 10.6. The van der Waals surface area contributed by atoms with Crippen LogP contribution in [0.2, 0.25) is 0 Å². The quantitative estimate of drug-likeness (QED) is 0.0515. The van der Waals surface area contributed by atoms with Crippen molar-refractivity contribution in [3.05, 3.63) is 203 Å². The number of nitrogens with zero attached hydrogens (tertiary/aromatic N) is 8. The minimum Gasteiger partial charge on any atom is -1.00 e. The van der Waals surface area contributed by atoms with Crippen molar-refractivity contribution in [2.24, 2.45) is 15.0 Å². The Bertz CT molecular complexity index is 3000. The number of aromatic nitrogens is 4. The van der Waals surface area contributed by atoms with Crippen LogP contribution in [0.15, 0.2) is 190 Å². The van der Waals surface area contributed by atoms with E-state index in [2.05, 4.69) is 193 Å². The largest absolute Gasteiger partial charge is 3.00 e. The maximum absolute atomic E-state index is 5.70. The van der Waals surface area contributed by atoms with Crippen molar-refractivity contribution in [2.45, 2.75) is 150 Å². The minimum atomic E-state index is 0. The molecule has 4 aromatic heterocycles. The van der Waals surface area contributed by atoms with Crippen molar-refractivity contribution in [3.63, 3.8) is 0 Å². The van der Waals surface area contributed by atoms with Gasteiger partial charge in [0.25, 0.3) is 0 Å². The fourth-order valence-corrected chi connectivity index (χ4v) is 10.6. The van der Waals surface area contributed by atoms with E-state index in [1.165, 1.54) is 77.0 Å². The number of hydrogen-bond donors (Lipinski definition) is 0. The second-order valence-corrected chi connectivity index (χ2v) is 19.7. The van der Waals surface area contributed by atoms with Crippen LogP contribution in [0, 0.1) is 0 Å². The van der Waals surface area contributed by atoms with Gasteiger partial charge in [-0.15, -0.1) is 11.4 Å². The summed E-state index contributed by atoms with van der Waals surface area (Å²) in [5.41, 5.74) is 15.7. The van der Waals surface area contributed by atoms with Crippen molar-refractivity contribution in [2.75, 3.05) is 6.54 Å². The van der Waals surface area contributed by atoms with Crippen LogP contribution in [0.1, 0.15) is 159 Å². The number of aliphatic imine (C=N–C) groups is 3. The zero-order valence-corrected chi connectivity index (χ0v) is 50.8. The predicted octanol–water partition coefficient (Wildman–Crippen LogP) is -1.54. The molecule has 0 atom stereocenters. The van der Waals surface area contributed by atoms with E-state index in [1.54, 1.807) is 0 Å². The number of hydrogen-bond acceptors (Lipinski definition) is 4. The first-order chi connectivity index (χ1) is 35.6. The monoisotopic (exact) mass is 1190 g/mol. The van der Waals surface area contributed by atoms with Gasteiger partial charge in [0.05, 0.1) is 56.6 Å². The number of aryl methyl sites for hydroxylation is 3. The van der Waals surface area contributed by atoms with Crippen LogP contribution in [0.25, 0.3) is 16.7 Å². The van der Waals surface area contributed by atoms with Crippen molar-refractivity contribution in [1.29, 1.82) is 0 Å². The molecule has 9 rings (SSSR count). The van der Waals surface area contributed by atoms with E-state index in [0.717, 1.165) is 143 Å². The maximum Gasteiger partial charge on any atom is 3.00 e. The van der Waals surface area contributed by atoms with Gasteiger partial charge in [0.15, 0.2) is 18.6 Å². The Morgan fingerprint density at radius 3 is 1.21 bits per heavy atom. The molecule has 0 saturated carbocycles. The summed E-state index contributed by atoms with van der Waals surface area (Å²) in [6, 6.07) is 24.1. The van der Waals surface area contributed by atoms with Crippen molar-refractivity contribution < 1.29 is 92.8 Å². The number of halogens is 5. The molecule has 78 heavy (non-hydrogen) atoms. The van der Waals surface area contributed by atoms with E-state index >= 15 is 0 Å². The van der Waals surface area contributed by atoms with Crippen LogP contribution in [0.4, 0.5) is 0 Å². The summed E-state index contributed by atoms with van der Waals surface area (Å²) >= 11 is 0. The molecule has 5 aliphatic heterocycles. The molecule has 9 heterocycles. The SMILES string of the molecule is CCCCCCN1C=CC=C/C1=C1\C2=NC(=C(c3cccc[n+]3CCCCCC)C3=NC(=C(c4cccc[n+]4CCCCCC)c4ccc([n-]4)C(c4cccc[n+]4CCCCCC)=C4C=CC1=N4)C=C3)C=C2.[Cl-].[Cl-].[Cl-].[Cl-].[Cl-].[Mn+3]. The summed E-state index contributed by atoms with van der Waals surface area (Å²) in [6.45, 7) is 12.8. The van der Waals surface area contributed by atoms with Gasteiger partial charge in [-0.1, -0.05) is 104 Å². The van der Waals surface area contributed by atoms with Crippen LogP contribution >= 0.6 is 0 Å². The minimum absolute atomic E-state index is 0. The Morgan fingerprint density at radius 2 is 0.782 bits per heavy atom. The Morgan fingerprint density at radius 1 is 0.397 bits per heavy atom. The molecule has 5 aliphatic rings. The summed E-state index contributed by atoms with van der Waals surface area (Å²) in [5.74, 6) is 0. The number of fused-ring (bicyclic) bond motifs is 5. The van der Waals surface area contributed by atoms with E-state index in [1.807, 2.05) is 0 Å². The smallest absolute Gasteiger partial charge is 1.00 e. The van der Waals surface area contributed by atoms with Crippen molar-refractivity contribution in [3.8, 4) is 0 Å². The zero-order chi connectivity index (χ0) is 49.5. The molecule has 414 valence electrons. The average molecular weight is 1190 g/mol. The molecule has 0 spiro atoms. The van der Waals surface area contributed by atoms with Gasteiger partial charge in [-0.3, -0.25) is 0 Å². The maximum atomic E-state index is 5.70. The molecule has 0 aromatic carbocycles. The van der Waals surface area contributed by atoms with Crippen LogP contribution in [-0.4, -0.2) is 28.6 Å². The summed E-state index contributed by atoms with van der Waals surface area (Å²) in [5, 5.41) is 0. The number of unbranched alkanes of at least 4 members (excludes halogenated alkanes) is 12. The summed E-state index contributed by atoms with van der Waals surface area (Å²) in [6.07, 6.45) is 47.7. The molecule has 0 aliphatic carbocycles. The van der Waals surface area contributed by atoms with Gasteiger partial charge in [0, 0.05) is 74.0 Å². The Balaban J connectivity index is 0.00000267. The third-order valence-electron chi connectivity index (χ3n) is 14.4. The van der Waals surface area contributed by atoms with E-state index in [-0.39, 0.29) is 79.1 Å². The first-order valence-corrected chi connectivity index (χ1v) is 27.6. The summed E-state index contributed by atoms with van der Waals surface area (Å²) in [7, 11) is 0. The molecular weight excluding hydrogens is 1110 g/mol. The van der Waals surface area contributed by atoms with Crippen molar-refractivity contribution >= 4 is 33.9 Å². The van der Waals surface area contributed by atoms with E-state index in [4.69, 9.17) is 20.0 Å². The molecule has 14 heteroatoms.